The maximum Gasteiger partial charge on any atom is 0.335 e. The summed E-state index contributed by atoms with van der Waals surface area (Å²) >= 11 is 0. The number of benzene rings is 2. The SMILES string of the molecule is Cc1cc(N=Cc2c(O)n(-c3ccccc3C)c(=O)[nH]c2=O)ccc1F. The van der Waals surface area contributed by atoms with Gasteiger partial charge in [-0.15, -0.1) is 0 Å². The van der Waals surface area contributed by atoms with Crippen molar-refractivity contribution in [3.8, 4) is 11.6 Å². The molecule has 0 aliphatic rings. The topological polar surface area (TPSA) is 87.4 Å². The monoisotopic (exact) mass is 353 g/mol. The van der Waals surface area contributed by atoms with E-state index in [0.29, 0.717) is 16.9 Å². The van der Waals surface area contributed by atoms with E-state index in [4.69, 9.17) is 0 Å². The normalized spacial score (nSPS) is 11.2. The van der Waals surface area contributed by atoms with Gasteiger partial charge in [0.05, 0.1) is 11.4 Å². The number of aliphatic imine (C=N–C) groups is 1. The molecular weight excluding hydrogens is 337 g/mol. The Hall–Kier alpha value is -3.48. The fourth-order valence-corrected chi connectivity index (χ4v) is 2.54. The van der Waals surface area contributed by atoms with E-state index in [1.807, 2.05) is 0 Å². The number of aryl methyl sites for hydroxylation is 2. The highest BCUT2D eigenvalue weighted by Gasteiger charge is 2.15. The van der Waals surface area contributed by atoms with Crippen LogP contribution in [0.4, 0.5) is 10.1 Å². The third-order valence-corrected chi connectivity index (χ3v) is 3.96. The summed E-state index contributed by atoms with van der Waals surface area (Å²) in [6.07, 6.45) is 1.15. The number of H-pyrrole nitrogens is 1. The van der Waals surface area contributed by atoms with Crippen LogP contribution in [0.1, 0.15) is 16.7 Å². The molecule has 0 spiro atoms. The average molecular weight is 353 g/mol. The Balaban J connectivity index is 2.14. The molecule has 0 aliphatic carbocycles. The van der Waals surface area contributed by atoms with E-state index in [-0.39, 0.29) is 11.4 Å². The number of halogens is 1. The lowest BCUT2D eigenvalue weighted by Crippen LogP contribution is -2.31. The van der Waals surface area contributed by atoms with Crippen LogP contribution < -0.4 is 11.2 Å². The zero-order valence-corrected chi connectivity index (χ0v) is 14.2. The lowest BCUT2D eigenvalue weighted by molar-refractivity contribution is 0.430. The van der Waals surface area contributed by atoms with Gasteiger partial charge in [0.2, 0.25) is 5.88 Å². The number of nitrogens with one attached hydrogen (secondary N) is 1. The summed E-state index contributed by atoms with van der Waals surface area (Å²) in [5.41, 5.74) is 0.317. The van der Waals surface area contributed by atoms with E-state index in [9.17, 15) is 19.1 Å². The molecule has 1 aromatic heterocycles. The quantitative estimate of drug-likeness (QED) is 0.710. The summed E-state index contributed by atoms with van der Waals surface area (Å²) < 4.78 is 14.3. The highest BCUT2D eigenvalue weighted by molar-refractivity contribution is 5.84. The van der Waals surface area contributed by atoms with E-state index in [2.05, 4.69) is 9.98 Å². The van der Waals surface area contributed by atoms with Crippen molar-refractivity contribution >= 4 is 11.9 Å². The van der Waals surface area contributed by atoms with Crippen LogP contribution in [0, 0.1) is 19.7 Å². The van der Waals surface area contributed by atoms with Crippen molar-refractivity contribution in [2.75, 3.05) is 0 Å². The van der Waals surface area contributed by atoms with Crippen molar-refractivity contribution in [2.24, 2.45) is 4.99 Å². The summed E-state index contributed by atoms with van der Waals surface area (Å²) in [6, 6.07) is 11.2. The second kappa shape index (κ2) is 6.79. The van der Waals surface area contributed by atoms with Crippen molar-refractivity contribution in [1.82, 2.24) is 9.55 Å². The molecule has 0 saturated carbocycles. The van der Waals surface area contributed by atoms with Gasteiger partial charge in [-0.1, -0.05) is 18.2 Å². The highest BCUT2D eigenvalue weighted by atomic mass is 19.1. The second-order valence-electron chi connectivity index (χ2n) is 5.81. The molecule has 2 N–H and O–H groups in total. The van der Waals surface area contributed by atoms with E-state index < -0.39 is 17.1 Å². The molecule has 26 heavy (non-hydrogen) atoms. The van der Waals surface area contributed by atoms with Gasteiger partial charge in [0.25, 0.3) is 5.56 Å². The van der Waals surface area contributed by atoms with Crippen LogP contribution in [0.25, 0.3) is 5.69 Å². The minimum absolute atomic E-state index is 0.171. The first kappa shape index (κ1) is 17.3. The minimum atomic E-state index is -0.764. The van der Waals surface area contributed by atoms with Crippen molar-refractivity contribution in [3.63, 3.8) is 0 Å². The Morgan fingerprint density at radius 3 is 2.54 bits per heavy atom. The summed E-state index contributed by atoms with van der Waals surface area (Å²) in [5.74, 6) is -0.881. The summed E-state index contributed by atoms with van der Waals surface area (Å²) in [4.78, 5) is 30.5. The molecule has 0 unspecified atom stereocenters. The zero-order valence-electron chi connectivity index (χ0n) is 14.2. The first-order valence-electron chi connectivity index (χ1n) is 7.83. The third-order valence-electron chi connectivity index (χ3n) is 3.96. The van der Waals surface area contributed by atoms with Crippen molar-refractivity contribution < 1.29 is 9.50 Å². The average Bonchev–Trinajstić information content (AvgIpc) is 2.59. The molecular formula is C19H16FN3O3. The van der Waals surface area contributed by atoms with Crippen LogP contribution in [-0.2, 0) is 0 Å². The van der Waals surface area contributed by atoms with E-state index in [1.54, 1.807) is 38.1 Å². The summed E-state index contributed by atoms with van der Waals surface area (Å²) in [7, 11) is 0. The summed E-state index contributed by atoms with van der Waals surface area (Å²) in [5, 5.41) is 10.5. The van der Waals surface area contributed by atoms with Crippen LogP contribution in [-0.4, -0.2) is 20.9 Å². The van der Waals surface area contributed by atoms with Gasteiger partial charge in [-0.2, -0.15) is 0 Å². The number of rotatable bonds is 3. The molecule has 7 heteroatoms. The lowest BCUT2D eigenvalue weighted by Gasteiger charge is -2.11. The number of aromatic nitrogens is 2. The number of hydrogen-bond acceptors (Lipinski definition) is 4. The molecule has 0 amide bonds. The van der Waals surface area contributed by atoms with Crippen LogP contribution in [0.15, 0.2) is 57.0 Å². The van der Waals surface area contributed by atoms with Crippen molar-refractivity contribution in [1.29, 1.82) is 0 Å². The maximum atomic E-state index is 13.3. The predicted molar refractivity (Wildman–Crippen MR) is 97.5 cm³/mol. The number of para-hydroxylation sites is 1. The fourth-order valence-electron chi connectivity index (χ4n) is 2.54. The van der Waals surface area contributed by atoms with E-state index in [1.165, 1.54) is 18.2 Å². The third kappa shape index (κ3) is 3.19. The van der Waals surface area contributed by atoms with Gasteiger partial charge in [0.1, 0.15) is 11.4 Å². The Kier molecular flexibility index (Phi) is 4.53. The number of aromatic amines is 1. The van der Waals surface area contributed by atoms with Gasteiger partial charge in [-0.25, -0.2) is 13.8 Å². The Bertz CT molecular complexity index is 1130. The molecule has 2 aromatic carbocycles. The van der Waals surface area contributed by atoms with Crippen molar-refractivity contribution in [3.05, 3.63) is 85.8 Å². The molecule has 6 nitrogen and oxygen atoms in total. The fraction of sp³-hybridized carbons (Fsp3) is 0.105. The van der Waals surface area contributed by atoms with E-state index in [0.717, 1.165) is 16.3 Å². The summed E-state index contributed by atoms with van der Waals surface area (Å²) in [6.45, 7) is 3.37. The second-order valence-corrected chi connectivity index (χ2v) is 5.81. The van der Waals surface area contributed by atoms with Gasteiger partial charge in [-0.05, 0) is 49.2 Å². The Morgan fingerprint density at radius 1 is 1.12 bits per heavy atom. The highest BCUT2D eigenvalue weighted by Crippen LogP contribution is 2.20. The largest absolute Gasteiger partial charge is 0.493 e. The van der Waals surface area contributed by atoms with Gasteiger partial charge in [-0.3, -0.25) is 14.8 Å². The predicted octanol–water partition coefficient (Wildman–Crippen LogP) is 2.74. The first-order valence-corrected chi connectivity index (χ1v) is 7.83. The number of nitrogens with zero attached hydrogens (tertiary/aromatic N) is 2. The number of aromatic hydroxyl groups is 1. The molecule has 0 saturated heterocycles. The standard InChI is InChI=1S/C19H16FN3O3/c1-11-5-3-4-6-16(11)23-18(25)14(17(24)22-19(23)26)10-21-13-7-8-15(20)12(2)9-13/h3-10,25H,1-2H3,(H,22,24,26). The van der Waals surface area contributed by atoms with Crippen LogP contribution in [0.2, 0.25) is 0 Å². The molecule has 1 heterocycles. The smallest absolute Gasteiger partial charge is 0.335 e. The zero-order chi connectivity index (χ0) is 18.8. The van der Waals surface area contributed by atoms with Gasteiger partial charge < -0.3 is 5.11 Å². The molecule has 0 fully saturated rings. The lowest BCUT2D eigenvalue weighted by atomic mass is 10.2. The Morgan fingerprint density at radius 2 is 1.85 bits per heavy atom. The van der Waals surface area contributed by atoms with Crippen LogP contribution >= 0.6 is 0 Å². The van der Waals surface area contributed by atoms with Gasteiger partial charge in [0.15, 0.2) is 0 Å². The first-order chi connectivity index (χ1) is 12.4. The molecule has 132 valence electrons. The molecule has 0 aliphatic heterocycles. The molecule has 3 rings (SSSR count). The Labute approximate surface area is 147 Å². The molecule has 0 atom stereocenters. The van der Waals surface area contributed by atoms with Gasteiger partial charge >= 0.3 is 5.69 Å². The molecule has 3 aromatic rings. The molecule has 0 bridgehead atoms. The molecule has 0 radical (unpaired) electrons. The number of hydrogen-bond donors (Lipinski definition) is 2. The van der Waals surface area contributed by atoms with Crippen LogP contribution in [0.5, 0.6) is 5.88 Å². The van der Waals surface area contributed by atoms with Gasteiger partial charge in [0, 0.05) is 6.21 Å². The minimum Gasteiger partial charge on any atom is -0.493 e. The van der Waals surface area contributed by atoms with Crippen molar-refractivity contribution in [2.45, 2.75) is 13.8 Å². The maximum absolute atomic E-state index is 13.3. The van der Waals surface area contributed by atoms with E-state index >= 15 is 0 Å². The van der Waals surface area contributed by atoms with Crippen LogP contribution in [0.3, 0.4) is 0 Å².